The molecule has 1 aromatic carbocycles. The summed E-state index contributed by atoms with van der Waals surface area (Å²) in [6.45, 7) is 4.55. The van der Waals surface area contributed by atoms with Crippen molar-refractivity contribution in [1.29, 1.82) is 0 Å². The minimum Gasteiger partial charge on any atom is -0.382 e. The Hall–Kier alpha value is -1.39. The molecule has 0 fully saturated rings. The van der Waals surface area contributed by atoms with Crippen LogP contribution in [-0.2, 0) is 20.9 Å². The Bertz CT molecular complexity index is 327. The van der Waals surface area contributed by atoms with Crippen LogP contribution in [0.5, 0.6) is 0 Å². The largest absolute Gasteiger partial charge is 0.382 e. The molecule has 0 spiro atoms. The lowest BCUT2D eigenvalue weighted by Gasteiger charge is -2.06. The predicted octanol–water partition coefficient (Wildman–Crippen LogP) is 1.75. The molecule has 4 heteroatoms. The van der Waals surface area contributed by atoms with Crippen LogP contribution in [0.2, 0.25) is 0 Å². The van der Waals surface area contributed by atoms with E-state index in [4.69, 9.17) is 9.47 Å². The van der Waals surface area contributed by atoms with Gasteiger partial charge in [0, 0.05) is 19.8 Å². The highest BCUT2D eigenvalue weighted by atomic mass is 16.5. The van der Waals surface area contributed by atoms with Gasteiger partial charge in [-0.3, -0.25) is 4.79 Å². The number of carbonyl (C=O) groups is 1. The summed E-state index contributed by atoms with van der Waals surface area (Å²) in [4.78, 5) is 11.4. The van der Waals surface area contributed by atoms with Crippen molar-refractivity contribution in [3.63, 3.8) is 0 Å². The Morgan fingerprint density at radius 3 is 2.72 bits per heavy atom. The Morgan fingerprint density at radius 1 is 1.22 bits per heavy atom. The lowest BCUT2D eigenvalue weighted by Crippen LogP contribution is -2.29. The average molecular weight is 251 g/mol. The molecule has 1 amide bonds. The summed E-state index contributed by atoms with van der Waals surface area (Å²) in [7, 11) is 0. The van der Waals surface area contributed by atoms with Crippen LogP contribution in [0, 0.1) is 0 Å². The van der Waals surface area contributed by atoms with Gasteiger partial charge in [0.25, 0.3) is 0 Å². The lowest BCUT2D eigenvalue weighted by molar-refractivity contribution is -0.126. The summed E-state index contributed by atoms with van der Waals surface area (Å²) < 4.78 is 10.5. The maximum absolute atomic E-state index is 11.4. The quantitative estimate of drug-likeness (QED) is 0.680. The number of nitrogens with one attached hydrogen (secondary N) is 1. The molecule has 1 N–H and O–H groups in total. The van der Waals surface area contributed by atoms with Gasteiger partial charge >= 0.3 is 0 Å². The fourth-order valence-electron chi connectivity index (χ4n) is 1.43. The van der Waals surface area contributed by atoms with Gasteiger partial charge in [0.1, 0.15) is 6.61 Å². The Balaban J connectivity index is 2.00. The van der Waals surface area contributed by atoms with Gasteiger partial charge in [0.15, 0.2) is 0 Å². The van der Waals surface area contributed by atoms with Crippen molar-refractivity contribution in [1.82, 2.24) is 5.32 Å². The van der Waals surface area contributed by atoms with Crippen molar-refractivity contribution >= 4 is 5.91 Å². The van der Waals surface area contributed by atoms with E-state index < -0.39 is 0 Å². The van der Waals surface area contributed by atoms with E-state index in [1.165, 1.54) is 0 Å². The summed E-state index contributed by atoms with van der Waals surface area (Å²) >= 11 is 0. The number of benzene rings is 1. The van der Waals surface area contributed by atoms with Gasteiger partial charge < -0.3 is 14.8 Å². The van der Waals surface area contributed by atoms with Gasteiger partial charge in [-0.05, 0) is 18.9 Å². The third-order valence-corrected chi connectivity index (χ3v) is 2.34. The van der Waals surface area contributed by atoms with Crippen molar-refractivity contribution in [3.05, 3.63) is 35.9 Å². The van der Waals surface area contributed by atoms with E-state index in [-0.39, 0.29) is 12.5 Å². The van der Waals surface area contributed by atoms with Gasteiger partial charge in [-0.1, -0.05) is 30.3 Å². The second-order valence-electron chi connectivity index (χ2n) is 3.88. The molecule has 0 saturated heterocycles. The van der Waals surface area contributed by atoms with Crippen LogP contribution in [0.1, 0.15) is 18.9 Å². The molecule has 0 atom stereocenters. The van der Waals surface area contributed by atoms with Crippen LogP contribution >= 0.6 is 0 Å². The van der Waals surface area contributed by atoms with E-state index >= 15 is 0 Å². The standard InChI is InChI=1S/C14H21NO3/c1-2-17-10-6-9-15-14(16)12-18-11-13-7-4-3-5-8-13/h3-5,7-8H,2,6,9-12H2,1H3,(H,15,16). The average Bonchev–Trinajstić information content (AvgIpc) is 2.40. The molecule has 0 aromatic heterocycles. The van der Waals surface area contributed by atoms with Gasteiger partial charge in [-0.15, -0.1) is 0 Å². The smallest absolute Gasteiger partial charge is 0.246 e. The number of ether oxygens (including phenoxy) is 2. The molecule has 0 aliphatic heterocycles. The number of carbonyl (C=O) groups excluding carboxylic acids is 1. The third-order valence-electron chi connectivity index (χ3n) is 2.34. The fourth-order valence-corrected chi connectivity index (χ4v) is 1.43. The molecule has 1 rings (SSSR count). The Morgan fingerprint density at radius 2 is 2.00 bits per heavy atom. The second kappa shape index (κ2) is 9.62. The number of hydrogen-bond donors (Lipinski definition) is 1. The van der Waals surface area contributed by atoms with Gasteiger partial charge in [-0.2, -0.15) is 0 Å². The SMILES string of the molecule is CCOCCCNC(=O)COCc1ccccc1. The van der Waals surface area contributed by atoms with Crippen molar-refractivity contribution in [2.45, 2.75) is 20.0 Å². The van der Waals surface area contributed by atoms with Gasteiger partial charge in [-0.25, -0.2) is 0 Å². The van der Waals surface area contributed by atoms with Crippen LogP contribution in [0.3, 0.4) is 0 Å². The summed E-state index contributed by atoms with van der Waals surface area (Å²) in [6, 6.07) is 9.80. The third kappa shape index (κ3) is 7.04. The topological polar surface area (TPSA) is 47.6 Å². The van der Waals surface area contributed by atoms with Crippen LogP contribution in [0.4, 0.5) is 0 Å². The Kier molecular flexibility index (Phi) is 7.84. The van der Waals surface area contributed by atoms with Crippen molar-refractivity contribution < 1.29 is 14.3 Å². The summed E-state index contributed by atoms with van der Waals surface area (Å²) in [5, 5.41) is 2.78. The van der Waals surface area contributed by atoms with Gasteiger partial charge in [0.2, 0.25) is 5.91 Å². The van der Waals surface area contributed by atoms with Crippen molar-refractivity contribution in [2.75, 3.05) is 26.4 Å². The van der Waals surface area contributed by atoms with E-state index in [9.17, 15) is 4.79 Å². The highest BCUT2D eigenvalue weighted by Crippen LogP contribution is 1.99. The molecular formula is C14H21NO3. The van der Waals surface area contributed by atoms with Crippen molar-refractivity contribution in [2.24, 2.45) is 0 Å². The predicted molar refractivity (Wildman–Crippen MR) is 70.2 cm³/mol. The monoisotopic (exact) mass is 251 g/mol. The first-order valence-electron chi connectivity index (χ1n) is 6.29. The van der Waals surface area contributed by atoms with E-state index in [1.807, 2.05) is 37.3 Å². The van der Waals surface area contributed by atoms with Crippen LogP contribution in [-0.4, -0.2) is 32.3 Å². The maximum atomic E-state index is 11.4. The normalized spacial score (nSPS) is 10.3. The summed E-state index contributed by atoms with van der Waals surface area (Å²) in [5.74, 6) is -0.0811. The number of amides is 1. The lowest BCUT2D eigenvalue weighted by atomic mass is 10.2. The second-order valence-corrected chi connectivity index (χ2v) is 3.88. The first-order chi connectivity index (χ1) is 8.83. The minimum absolute atomic E-state index is 0.0811. The zero-order valence-electron chi connectivity index (χ0n) is 10.9. The molecule has 100 valence electrons. The maximum Gasteiger partial charge on any atom is 0.246 e. The molecule has 0 heterocycles. The zero-order valence-corrected chi connectivity index (χ0v) is 10.9. The van der Waals surface area contributed by atoms with E-state index in [2.05, 4.69) is 5.32 Å². The van der Waals surface area contributed by atoms with E-state index in [1.54, 1.807) is 0 Å². The first kappa shape index (κ1) is 14.7. The highest BCUT2D eigenvalue weighted by Gasteiger charge is 2.00. The first-order valence-corrected chi connectivity index (χ1v) is 6.29. The summed E-state index contributed by atoms with van der Waals surface area (Å²) in [6.07, 6.45) is 0.832. The molecule has 0 radical (unpaired) electrons. The molecule has 0 bridgehead atoms. The van der Waals surface area contributed by atoms with Crippen LogP contribution in [0.15, 0.2) is 30.3 Å². The Labute approximate surface area is 108 Å². The molecule has 18 heavy (non-hydrogen) atoms. The van der Waals surface area contributed by atoms with Crippen LogP contribution < -0.4 is 5.32 Å². The van der Waals surface area contributed by atoms with E-state index in [0.29, 0.717) is 26.4 Å². The van der Waals surface area contributed by atoms with Crippen LogP contribution in [0.25, 0.3) is 0 Å². The molecular weight excluding hydrogens is 230 g/mol. The molecule has 4 nitrogen and oxygen atoms in total. The molecule has 0 aliphatic rings. The highest BCUT2D eigenvalue weighted by molar-refractivity contribution is 5.77. The molecule has 0 saturated carbocycles. The summed E-state index contributed by atoms with van der Waals surface area (Å²) in [5.41, 5.74) is 1.07. The van der Waals surface area contributed by atoms with E-state index in [0.717, 1.165) is 12.0 Å². The van der Waals surface area contributed by atoms with Gasteiger partial charge in [0.05, 0.1) is 6.61 Å². The minimum atomic E-state index is -0.0811. The van der Waals surface area contributed by atoms with Crippen molar-refractivity contribution in [3.8, 4) is 0 Å². The number of hydrogen-bond acceptors (Lipinski definition) is 3. The fraction of sp³-hybridized carbons (Fsp3) is 0.500. The zero-order chi connectivity index (χ0) is 13.1. The molecule has 0 unspecified atom stereocenters. The number of rotatable bonds is 9. The molecule has 1 aromatic rings. The molecule has 0 aliphatic carbocycles.